The van der Waals surface area contributed by atoms with E-state index in [0.29, 0.717) is 19.1 Å². The van der Waals surface area contributed by atoms with Gasteiger partial charge in [0.05, 0.1) is 18.5 Å². The fraction of sp³-hybridized carbons (Fsp3) is 0.588. The minimum absolute atomic E-state index is 0.0325. The van der Waals surface area contributed by atoms with Gasteiger partial charge in [0.15, 0.2) is 5.96 Å². The number of aliphatic carboxylic acids is 1. The summed E-state index contributed by atoms with van der Waals surface area (Å²) in [6.07, 6.45) is 0.924. The molecule has 0 heterocycles. The molecule has 5 amide bonds. The van der Waals surface area contributed by atoms with E-state index in [0.717, 1.165) is 5.56 Å². The molecule has 0 spiro atoms. The lowest BCUT2D eigenvalue weighted by Gasteiger charge is -2.29. The van der Waals surface area contributed by atoms with Crippen LogP contribution in [0.1, 0.15) is 65.4 Å². The van der Waals surface area contributed by atoms with Gasteiger partial charge in [-0.15, -0.1) is 0 Å². The number of carbonyl (C=O) groups excluding carboxylic acids is 6. The van der Waals surface area contributed by atoms with Crippen LogP contribution in [-0.2, 0) is 40.0 Å². The van der Waals surface area contributed by atoms with Gasteiger partial charge in [0, 0.05) is 18.7 Å². The lowest BCUT2D eigenvalue weighted by atomic mass is 9.96. The number of rotatable bonds is 24. The third-order valence-electron chi connectivity index (χ3n) is 8.55. The van der Waals surface area contributed by atoms with Gasteiger partial charge < -0.3 is 53.7 Å². The Kier molecular flexibility index (Phi) is 20.7. The molecular formula is C34H55N9O8S. The number of nitrogens with zero attached hydrogens (tertiary/aromatic N) is 1. The van der Waals surface area contributed by atoms with E-state index < -0.39 is 84.1 Å². The van der Waals surface area contributed by atoms with E-state index in [9.17, 15) is 38.7 Å². The maximum Gasteiger partial charge on any atom is 0.305 e. The molecular weight excluding hydrogens is 694 g/mol. The van der Waals surface area contributed by atoms with Crippen LogP contribution in [0.4, 0.5) is 0 Å². The number of hydrogen-bond donors (Lipinski definition) is 10. The number of aliphatic imine (C=N–C) groups is 1. The van der Waals surface area contributed by atoms with Crippen molar-refractivity contribution in [2.45, 2.75) is 102 Å². The summed E-state index contributed by atoms with van der Waals surface area (Å²) in [5, 5.41) is 22.3. The highest BCUT2D eigenvalue weighted by molar-refractivity contribution is 7.80. The maximum absolute atomic E-state index is 13.8. The molecule has 1 rings (SSSR count). The van der Waals surface area contributed by atoms with Crippen molar-refractivity contribution in [2.24, 2.45) is 34.0 Å². The third kappa shape index (κ3) is 16.1. The minimum atomic E-state index is -1.58. The summed E-state index contributed by atoms with van der Waals surface area (Å²) in [5.74, 6) is -6.11. The number of hydrogen-bond acceptors (Lipinski definition) is 10. The highest BCUT2D eigenvalue weighted by atomic mass is 32.1. The van der Waals surface area contributed by atoms with Gasteiger partial charge in [0.1, 0.15) is 30.5 Å². The van der Waals surface area contributed by atoms with Crippen LogP contribution in [0.3, 0.4) is 0 Å². The standard InChI is InChI=1S/C34H55N9O8S/c1-5-19(3)27(35)32(50)41-25(16-26(45)46)31(49)40-23(13-10-14-38-34(36)37)29(47)43-28(20(4)6-2)33(51)42-24(15-21-11-8-7-9-12-21)30(48)39-22(17-44)18-52/h7-9,11-12,17,19-20,22-25,27-28,52H,5-6,10,13-16,18,35H2,1-4H3,(H,39,48)(H,40,49)(H,41,50)(H,42,51)(H,43,47)(H,45,46)(H4,36,37,38)/t19-,20-,22+,23-,24-,25-,27-,28-/m0/s1. The molecule has 0 saturated heterocycles. The lowest BCUT2D eigenvalue weighted by Crippen LogP contribution is -2.60. The predicted octanol–water partition coefficient (Wildman–Crippen LogP) is -1.27. The first-order valence-corrected chi connectivity index (χ1v) is 17.9. The predicted molar refractivity (Wildman–Crippen MR) is 199 cm³/mol. The van der Waals surface area contributed by atoms with Crippen molar-refractivity contribution in [1.82, 2.24) is 26.6 Å². The van der Waals surface area contributed by atoms with Crippen LogP contribution in [0.2, 0.25) is 0 Å². The third-order valence-corrected chi connectivity index (χ3v) is 8.94. The fourth-order valence-electron chi connectivity index (χ4n) is 4.89. The number of carboxylic acids is 1. The Bertz CT molecular complexity index is 1380. The Hall–Kier alpha value is -4.71. The van der Waals surface area contributed by atoms with Crippen molar-refractivity contribution in [3.05, 3.63) is 35.9 Å². The number of thiol groups is 1. The molecule has 290 valence electrons. The first-order valence-electron chi connectivity index (χ1n) is 17.2. The molecule has 0 aliphatic carbocycles. The van der Waals surface area contributed by atoms with Crippen LogP contribution in [0.15, 0.2) is 35.3 Å². The number of nitrogens with two attached hydrogens (primary N) is 3. The minimum Gasteiger partial charge on any atom is -0.481 e. The molecule has 0 aliphatic rings. The first-order chi connectivity index (χ1) is 24.6. The monoisotopic (exact) mass is 749 g/mol. The average molecular weight is 750 g/mol. The summed E-state index contributed by atoms with van der Waals surface area (Å²) in [4.78, 5) is 94.1. The molecule has 0 radical (unpaired) electrons. The number of aldehydes is 1. The smallest absolute Gasteiger partial charge is 0.305 e. The number of carboxylic acid groups (broad SMARTS) is 1. The van der Waals surface area contributed by atoms with Crippen molar-refractivity contribution in [2.75, 3.05) is 12.3 Å². The quantitative estimate of drug-likeness (QED) is 0.0195. The summed E-state index contributed by atoms with van der Waals surface area (Å²) in [7, 11) is 0. The van der Waals surface area contributed by atoms with E-state index in [1.165, 1.54) is 0 Å². The van der Waals surface area contributed by atoms with E-state index >= 15 is 0 Å². The summed E-state index contributed by atoms with van der Waals surface area (Å²) in [6, 6.07) is 1.70. The Labute approximate surface area is 309 Å². The van der Waals surface area contributed by atoms with Gasteiger partial charge in [-0.25, -0.2) is 0 Å². The number of carbonyl (C=O) groups is 7. The lowest BCUT2D eigenvalue weighted by molar-refractivity contribution is -0.141. The largest absolute Gasteiger partial charge is 0.481 e. The van der Waals surface area contributed by atoms with Crippen LogP contribution in [-0.4, -0.2) is 101 Å². The molecule has 1 aromatic rings. The molecule has 8 atom stereocenters. The van der Waals surface area contributed by atoms with E-state index in [1.54, 1.807) is 51.1 Å². The van der Waals surface area contributed by atoms with Gasteiger partial charge >= 0.3 is 5.97 Å². The van der Waals surface area contributed by atoms with E-state index in [-0.39, 0.29) is 43.4 Å². The van der Waals surface area contributed by atoms with E-state index in [2.05, 4.69) is 44.2 Å². The number of nitrogens with one attached hydrogen (secondary N) is 5. The molecule has 0 unspecified atom stereocenters. The van der Waals surface area contributed by atoms with Crippen molar-refractivity contribution in [3.63, 3.8) is 0 Å². The van der Waals surface area contributed by atoms with Crippen LogP contribution < -0.4 is 43.8 Å². The summed E-state index contributed by atoms with van der Waals surface area (Å²) in [5.41, 5.74) is 17.5. The molecule has 0 bridgehead atoms. The van der Waals surface area contributed by atoms with Gasteiger partial charge in [-0.05, 0) is 30.2 Å². The SMILES string of the molecule is CC[C@H](C)[C@H](N)C(=O)N[C@@H](CC(=O)O)C(=O)N[C@@H](CCCN=C(N)N)C(=O)N[C@H](C(=O)N[C@@H](Cc1ccccc1)C(=O)N[C@H](C=O)CS)[C@@H](C)CC. The zero-order chi connectivity index (χ0) is 39.4. The number of benzene rings is 1. The van der Waals surface area contributed by atoms with Crippen molar-refractivity contribution in [1.29, 1.82) is 0 Å². The Balaban J connectivity index is 3.38. The highest BCUT2D eigenvalue weighted by Gasteiger charge is 2.35. The van der Waals surface area contributed by atoms with Crippen molar-refractivity contribution in [3.8, 4) is 0 Å². The second-order valence-corrected chi connectivity index (χ2v) is 13.0. The van der Waals surface area contributed by atoms with Crippen molar-refractivity contribution < 1.29 is 38.7 Å². The average Bonchev–Trinajstić information content (AvgIpc) is 3.11. The molecule has 0 fully saturated rings. The molecule has 17 nitrogen and oxygen atoms in total. The molecule has 12 N–H and O–H groups in total. The molecule has 0 aliphatic heterocycles. The van der Waals surface area contributed by atoms with E-state index in [1.807, 2.05) is 6.92 Å². The maximum atomic E-state index is 13.8. The van der Waals surface area contributed by atoms with Gasteiger partial charge in [-0.3, -0.25) is 33.8 Å². The summed E-state index contributed by atoms with van der Waals surface area (Å²) >= 11 is 4.08. The topological polar surface area (TPSA) is 290 Å². The fourth-order valence-corrected chi connectivity index (χ4v) is 5.07. The van der Waals surface area contributed by atoms with Gasteiger partial charge in [-0.1, -0.05) is 70.9 Å². The normalized spacial score (nSPS) is 15.5. The number of amides is 5. The van der Waals surface area contributed by atoms with Crippen LogP contribution >= 0.6 is 12.6 Å². The molecule has 52 heavy (non-hydrogen) atoms. The zero-order valence-corrected chi connectivity index (χ0v) is 31.1. The second-order valence-electron chi connectivity index (χ2n) is 12.6. The molecule has 1 aromatic carbocycles. The molecule has 18 heteroatoms. The second kappa shape index (κ2) is 23.7. The van der Waals surface area contributed by atoms with Crippen LogP contribution in [0.5, 0.6) is 0 Å². The Morgan fingerprint density at radius 3 is 1.90 bits per heavy atom. The van der Waals surface area contributed by atoms with Gasteiger partial charge in [0.25, 0.3) is 0 Å². The van der Waals surface area contributed by atoms with Crippen molar-refractivity contribution >= 4 is 60.4 Å². The Morgan fingerprint density at radius 1 is 0.808 bits per heavy atom. The zero-order valence-electron chi connectivity index (χ0n) is 30.2. The van der Waals surface area contributed by atoms with E-state index in [4.69, 9.17) is 17.2 Å². The van der Waals surface area contributed by atoms with Gasteiger partial charge in [-0.2, -0.15) is 12.6 Å². The Morgan fingerprint density at radius 2 is 1.37 bits per heavy atom. The first kappa shape index (κ1) is 45.3. The van der Waals surface area contributed by atoms with Crippen LogP contribution in [0, 0.1) is 11.8 Å². The molecule has 0 aromatic heterocycles. The van der Waals surface area contributed by atoms with Crippen LogP contribution in [0.25, 0.3) is 0 Å². The number of guanidine groups is 1. The molecule has 0 saturated carbocycles. The summed E-state index contributed by atoms with van der Waals surface area (Å²) in [6.45, 7) is 7.15. The summed E-state index contributed by atoms with van der Waals surface area (Å²) < 4.78 is 0. The van der Waals surface area contributed by atoms with Gasteiger partial charge in [0.2, 0.25) is 29.5 Å². The highest BCUT2D eigenvalue weighted by Crippen LogP contribution is 2.12.